The lowest BCUT2D eigenvalue weighted by atomic mass is 10.2. The monoisotopic (exact) mass is 451 g/mol. The van der Waals surface area contributed by atoms with Crippen molar-refractivity contribution in [3.63, 3.8) is 0 Å². The van der Waals surface area contributed by atoms with Crippen LogP contribution >= 0.6 is 0 Å². The van der Waals surface area contributed by atoms with Gasteiger partial charge in [-0.15, -0.1) is 0 Å². The molecule has 0 bridgehead atoms. The van der Waals surface area contributed by atoms with Crippen molar-refractivity contribution in [2.75, 3.05) is 37.7 Å². The maximum atomic E-state index is 12.3. The molecule has 3 heterocycles. The number of carbonyl (C=O) groups excluding carboxylic acids is 2. The second-order valence-electron chi connectivity index (χ2n) is 8.90. The third-order valence-corrected chi connectivity index (χ3v) is 5.32. The number of hydrogen-bond donors (Lipinski definition) is 0. The molecule has 0 radical (unpaired) electrons. The molecule has 0 spiro atoms. The van der Waals surface area contributed by atoms with Crippen molar-refractivity contribution in [2.24, 2.45) is 0 Å². The standard InChI is InChI=1S/C24H29N5O4/c1-24(2,3)33-23(31)28-14-12-27(13-15-28)20-21-26-17-19(29(21)11-10-25-20)9-16-32-22(30)18-7-5-4-6-8-18/h4-8,10-11,17H,9,12-16H2,1-3H3. The van der Waals surface area contributed by atoms with Gasteiger partial charge in [-0.3, -0.25) is 4.40 Å². The number of rotatable bonds is 5. The fourth-order valence-corrected chi connectivity index (χ4v) is 3.70. The predicted octanol–water partition coefficient (Wildman–Crippen LogP) is 3.19. The Kier molecular flexibility index (Phi) is 6.48. The van der Waals surface area contributed by atoms with E-state index in [1.165, 1.54) is 0 Å². The molecule has 0 aliphatic carbocycles. The number of hydrogen-bond acceptors (Lipinski definition) is 7. The number of esters is 1. The van der Waals surface area contributed by atoms with Gasteiger partial charge in [-0.1, -0.05) is 18.2 Å². The third kappa shape index (κ3) is 5.42. The van der Waals surface area contributed by atoms with E-state index in [2.05, 4.69) is 14.9 Å². The Labute approximate surface area is 192 Å². The lowest BCUT2D eigenvalue weighted by molar-refractivity contribution is 0.0240. The van der Waals surface area contributed by atoms with E-state index in [1.807, 2.05) is 49.6 Å². The number of carbonyl (C=O) groups is 2. The van der Waals surface area contributed by atoms with Crippen molar-refractivity contribution < 1.29 is 19.1 Å². The van der Waals surface area contributed by atoms with Crippen LogP contribution in [0.1, 0.15) is 36.8 Å². The number of imidazole rings is 1. The quantitative estimate of drug-likeness (QED) is 0.551. The van der Waals surface area contributed by atoms with Gasteiger partial charge >= 0.3 is 12.1 Å². The van der Waals surface area contributed by atoms with Gasteiger partial charge < -0.3 is 19.3 Å². The van der Waals surface area contributed by atoms with Gasteiger partial charge in [0.15, 0.2) is 11.5 Å². The molecular weight excluding hydrogens is 422 g/mol. The van der Waals surface area contributed by atoms with Crippen LogP contribution in [0.2, 0.25) is 0 Å². The third-order valence-electron chi connectivity index (χ3n) is 5.32. The number of benzene rings is 1. The largest absolute Gasteiger partial charge is 0.462 e. The van der Waals surface area contributed by atoms with Gasteiger partial charge in [-0.2, -0.15) is 0 Å². The van der Waals surface area contributed by atoms with Crippen LogP contribution in [-0.4, -0.2) is 69.7 Å². The Balaban J connectivity index is 1.38. The van der Waals surface area contributed by atoms with Gasteiger partial charge in [0.05, 0.1) is 12.2 Å². The summed E-state index contributed by atoms with van der Waals surface area (Å²) < 4.78 is 12.9. The minimum Gasteiger partial charge on any atom is -0.462 e. The Morgan fingerprint density at radius 3 is 2.45 bits per heavy atom. The van der Waals surface area contributed by atoms with E-state index in [-0.39, 0.29) is 18.7 Å². The molecule has 1 aliphatic heterocycles. The summed E-state index contributed by atoms with van der Waals surface area (Å²) in [5.41, 5.74) is 1.70. The first-order chi connectivity index (χ1) is 15.8. The maximum Gasteiger partial charge on any atom is 0.410 e. The molecule has 1 fully saturated rings. The van der Waals surface area contributed by atoms with E-state index < -0.39 is 5.60 Å². The highest BCUT2D eigenvalue weighted by Gasteiger charge is 2.27. The fourth-order valence-electron chi connectivity index (χ4n) is 3.70. The van der Waals surface area contributed by atoms with E-state index in [9.17, 15) is 9.59 Å². The van der Waals surface area contributed by atoms with Gasteiger partial charge in [-0.05, 0) is 32.9 Å². The van der Waals surface area contributed by atoms with E-state index in [0.717, 1.165) is 17.2 Å². The molecule has 1 aliphatic rings. The molecular formula is C24H29N5O4. The molecule has 1 saturated heterocycles. The molecule has 0 atom stereocenters. The summed E-state index contributed by atoms with van der Waals surface area (Å²) in [4.78, 5) is 37.4. The first-order valence-corrected chi connectivity index (χ1v) is 11.1. The van der Waals surface area contributed by atoms with Crippen molar-refractivity contribution in [3.8, 4) is 0 Å². The van der Waals surface area contributed by atoms with E-state index in [4.69, 9.17) is 9.47 Å². The molecule has 0 unspecified atom stereocenters. The summed E-state index contributed by atoms with van der Waals surface area (Å²) in [5, 5.41) is 0. The topological polar surface area (TPSA) is 89.3 Å². The van der Waals surface area contributed by atoms with Crippen molar-refractivity contribution in [3.05, 3.63) is 60.2 Å². The van der Waals surface area contributed by atoms with Gasteiger partial charge in [0.25, 0.3) is 0 Å². The first-order valence-electron chi connectivity index (χ1n) is 11.1. The van der Waals surface area contributed by atoms with Crippen LogP contribution in [0.3, 0.4) is 0 Å². The molecule has 9 heteroatoms. The molecule has 1 amide bonds. The summed E-state index contributed by atoms with van der Waals surface area (Å²) in [6.45, 7) is 8.25. The summed E-state index contributed by atoms with van der Waals surface area (Å²) in [5.74, 6) is 0.434. The zero-order chi connectivity index (χ0) is 23.4. The minimum absolute atomic E-state index is 0.258. The molecule has 2 aromatic heterocycles. The van der Waals surface area contributed by atoms with Crippen molar-refractivity contribution in [1.29, 1.82) is 0 Å². The van der Waals surface area contributed by atoms with Crippen LogP contribution < -0.4 is 4.90 Å². The summed E-state index contributed by atoms with van der Waals surface area (Å²) >= 11 is 0. The molecule has 4 rings (SSSR count). The highest BCUT2D eigenvalue weighted by molar-refractivity contribution is 5.89. The molecule has 0 N–H and O–H groups in total. The minimum atomic E-state index is -0.511. The van der Waals surface area contributed by atoms with E-state index >= 15 is 0 Å². The number of nitrogens with zero attached hydrogens (tertiary/aromatic N) is 5. The maximum absolute atomic E-state index is 12.3. The second-order valence-corrected chi connectivity index (χ2v) is 8.90. The Hall–Kier alpha value is -3.62. The number of fused-ring (bicyclic) bond motifs is 1. The van der Waals surface area contributed by atoms with Crippen molar-refractivity contribution in [1.82, 2.24) is 19.3 Å². The fraction of sp³-hybridized carbons (Fsp3) is 0.417. The van der Waals surface area contributed by atoms with Crippen LogP contribution in [0.4, 0.5) is 10.6 Å². The average molecular weight is 452 g/mol. The zero-order valence-corrected chi connectivity index (χ0v) is 19.2. The second kappa shape index (κ2) is 9.48. The van der Waals surface area contributed by atoms with Crippen LogP contribution in [-0.2, 0) is 15.9 Å². The number of piperazine rings is 1. The molecule has 9 nitrogen and oxygen atoms in total. The van der Waals surface area contributed by atoms with Crippen molar-refractivity contribution >= 4 is 23.5 Å². The number of ether oxygens (including phenoxy) is 2. The summed E-state index contributed by atoms with van der Waals surface area (Å²) in [7, 11) is 0. The van der Waals surface area contributed by atoms with Crippen LogP contribution in [0.5, 0.6) is 0 Å². The normalized spacial score (nSPS) is 14.4. The van der Waals surface area contributed by atoms with Gasteiger partial charge in [0.1, 0.15) is 5.60 Å². The Morgan fingerprint density at radius 1 is 1.03 bits per heavy atom. The molecule has 1 aromatic carbocycles. The molecule has 0 saturated carbocycles. The lowest BCUT2D eigenvalue weighted by Gasteiger charge is -2.36. The average Bonchev–Trinajstić information content (AvgIpc) is 3.22. The Morgan fingerprint density at radius 2 is 1.76 bits per heavy atom. The SMILES string of the molecule is CC(C)(C)OC(=O)N1CCN(c2nccn3c(CCOC(=O)c4ccccc4)cnc23)CC1. The number of aromatic nitrogens is 3. The number of amides is 1. The first kappa shape index (κ1) is 22.6. The predicted molar refractivity (Wildman–Crippen MR) is 123 cm³/mol. The molecule has 174 valence electrons. The van der Waals surface area contributed by atoms with Gasteiger partial charge in [-0.25, -0.2) is 19.6 Å². The van der Waals surface area contributed by atoms with Crippen molar-refractivity contribution in [2.45, 2.75) is 32.8 Å². The number of anilines is 1. The van der Waals surface area contributed by atoms with Crippen LogP contribution in [0, 0.1) is 0 Å². The van der Waals surface area contributed by atoms with Crippen LogP contribution in [0.15, 0.2) is 48.9 Å². The highest BCUT2D eigenvalue weighted by Crippen LogP contribution is 2.21. The Bertz CT molecular complexity index is 1110. The van der Waals surface area contributed by atoms with E-state index in [1.54, 1.807) is 29.4 Å². The van der Waals surface area contributed by atoms with E-state index in [0.29, 0.717) is 38.2 Å². The zero-order valence-electron chi connectivity index (χ0n) is 19.2. The summed E-state index contributed by atoms with van der Waals surface area (Å²) in [6.07, 6.45) is 5.63. The summed E-state index contributed by atoms with van der Waals surface area (Å²) in [6, 6.07) is 8.94. The highest BCUT2D eigenvalue weighted by atomic mass is 16.6. The molecule has 33 heavy (non-hydrogen) atoms. The van der Waals surface area contributed by atoms with Gasteiger partial charge in [0, 0.05) is 56.9 Å². The smallest absolute Gasteiger partial charge is 0.410 e. The molecule has 3 aromatic rings. The lowest BCUT2D eigenvalue weighted by Crippen LogP contribution is -2.50. The van der Waals surface area contributed by atoms with Crippen LogP contribution in [0.25, 0.3) is 5.65 Å². The van der Waals surface area contributed by atoms with Gasteiger partial charge in [0.2, 0.25) is 0 Å².